The number of amides is 2. The van der Waals surface area contributed by atoms with E-state index in [1.54, 1.807) is 26.2 Å². The van der Waals surface area contributed by atoms with Crippen molar-refractivity contribution >= 4 is 12.0 Å². The second-order valence-corrected chi connectivity index (χ2v) is 4.58. The predicted molar refractivity (Wildman–Crippen MR) is 70.7 cm³/mol. The molecule has 0 saturated carbocycles. The van der Waals surface area contributed by atoms with Crippen LogP contribution in [0.5, 0.6) is 0 Å². The maximum Gasteiger partial charge on any atom is 0.323 e. The summed E-state index contributed by atoms with van der Waals surface area (Å²) in [6.07, 6.45) is 3.37. The van der Waals surface area contributed by atoms with E-state index in [0.29, 0.717) is 6.54 Å². The highest BCUT2D eigenvalue weighted by molar-refractivity contribution is 5.80. The summed E-state index contributed by atoms with van der Waals surface area (Å²) in [6.45, 7) is 5.51. The Morgan fingerprint density at radius 2 is 2.16 bits per heavy atom. The lowest BCUT2D eigenvalue weighted by Crippen LogP contribution is -2.46. The molecule has 0 aliphatic rings. The second-order valence-electron chi connectivity index (χ2n) is 4.58. The molecule has 6 nitrogen and oxygen atoms in total. The lowest BCUT2D eigenvalue weighted by molar-refractivity contribution is -0.138. The Morgan fingerprint density at radius 1 is 1.47 bits per heavy atom. The molecule has 0 fully saturated rings. The summed E-state index contributed by atoms with van der Waals surface area (Å²) in [4.78, 5) is 27.9. The lowest BCUT2D eigenvalue weighted by Gasteiger charge is -2.25. The number of aryl methyl sites for hydroxylation is 1. The summed E-state index contributed by atoms with van der Waals surface area (Å²) in [6, 6.07) is 1.30. The Kier molecular flexibility index (Phi) is 5.29. The molecule has 1 aromatic heterocycles. The van der Waals surface area contributed by atoms with E-state index in [-0.39, 0.29) is 18.6 Å². The van der Waals surface area contributed by atoms with Crippen LogP contribution in [-0.2, 0) is 11.3 Å². The normalized spacial score (nSPS) is 10.3. The summed E-state index contributed by atoms with van der Waals surface area (Å²) in [7, 11) is 0. The highest BCUT2D eigenvalue weighted by atomic mass is 16.4. The van der Waals surface area contributed by atoms with E-state index in [9.17, 15) is 9.59 Å². The number of pyridine rings is 1. The third-order valence-corrected chi connectivity index (χ3v) is 2.77. The highest BCUT2D eigenvalue weighted by Crippen LogP contribution is 2.05. The van der Waals surface area contributed by atoms with Crippen molar-refractivity contribution in [2.24, 2.45) is 0 Å². The van der Waals surface area contributed by atoms with Crippen LogP contribution in [0.2, 0.25) is 0 Å². The van der Waals surface area contributed by atoms with E-state index < -0.39 is 5.97 Å². The van der Waals surface area contributed by atoms with Crippen LogP contribution in [0.15, 0.2) is 18.5 Å². The Morgan fingerprint density at radius 3 is 2.68 bits per heavy atom. The Bertz CT molecular complexity index is 460. The van der Waals surface area contributed by atoms with Crippen LogP contribution < -0.4 is 5.32 Å². The number of carboxylic acids is 1. The molecule has 2 N–H and O–H groups in total. The summed E-state index contributed by atoms with van der Waals surface area (Å²) in [5.41, 5.74) is 1.94. The minimum Gasteiger partial charge on any atom is -0.480 e. The monoisotopic (exact) mass is 265 g/mol. The molecule has 0 aliphatic heterocycles. The maximum absolute atomic E-state index is 11.9. The standard InChI is InChI=1S/C13H19N3O3/c1-9(2)16(8-12(17)18)13(19)15-7-11-6-14-5-4-10(11)3/h4-6,9H,7-8H2,1-3H3,(H,15,19)(H,17,18). The first-order valence-corrected chi connectivity index (χ1v) is 6.07. The topological polar surface area (TPSA) is 82.5 Å². The average Bonchev–Trinajstić information content (AvgIpc) is 2.34. The Labute approximate surface area is 112 Å². The lowest BCUT2D eigenvalue weighted by atomic mass is 10.1. The first-order valence-electron chi connectivity index (χ1n) is 6.07. The van der Waals surface area contributed by atoms with Gasteiger partial charge in [-0.2, -0.15) is 0 Å². The molecule has 0 atom stereocenters. The number of carboxylic acid groups (broad SMARTS) is 1. The molecular weight excluding hydrogens is 246 g/mol. The van der Waals surface area contributed by atoms with Gasteiger partial charge in [-0.25, -0.2) is 4.79 Å². The number of carbonyl (C=O) groups is 2. The number of urea groups is 1. The number of aromatic nitrogens is 1. The Balaban J connectivity index is 2.63. The summed E-state index contributed by atoms with van der Waals surface area (Å²) < 4.78 is 0. The minimum absolute atomic E-state index is 0.175. The first kappa shape index (κ1) is 14.9. The fourth-order valence-electron chi connectivity index (χ4n) is 1.59. The highest BCUT2D eigenvalue weighted by Gasteiger charge is 2.19. The SMILES string of the molecule is Cc1ccncc1CNC(=O)N(CC(=O)O)C(C)C. The van der Waals surface area contributed by atoms with Gasteiger partial charge in [0.2, 0.25) is 0 Å². The molecule has 0 aliphatic carbocycles. The molecule has 19 heavy (non-hydrogen) atoms. The van der Waals surface area contributed by atoms with Gasteiger partial charge in [0, 0.05) is 25.0 Å². The second kappa shape index (κ2) is 6.72. The number of carbonyl (C=O) groups excluding carboxylic acids is 1. The number of aliphatic carboxylic acids is 1. The van der Waals surface area contributed by atoms with Crippen LogP contribution in [0.1, 0.15) is 25.0 Å². The van der Waals surface area contributed by atoms with Crippen molar-refractivity contribution in [1.29, 1.82) is 0 Å². The molecule has 0 saturated heterocycles. The zero-order valence-electron chi connectivity index (χ0n) is 11.4. The van der Waals surface area contributed by atoms with Gasteiger partial charge in [0.05, 0.1) is 0 Å². The van der Waals surface area contributed by atoms with Crippen LogP contribution in [0, 0.1) is 6.92 Å². The van der Waals surface area contributed by atoms with Crippen LogP contribution in [-0.4, -0.2) is 39.6 Å². The van der Waals surface area contributed by atoms with Gasteiger partial charge in [0.25, 0.3) is 0 Å². The van der Waals surface area contributed by atoms with E-state index in [0.717, 1.165) is 11.1 Å². The van der Waals surface area contributed by atoms with Crippen LogP contribution in [0.25, 0.3) is 0 Å². The molecule has 6 heteroatoms. The molecule has 2 amide bonds. The fraction of sp³-hybridized carbons (Fsp3) is 0.462. The molecular formula is C13H19N3O3. The molecule has 1 aromatic rings. The average molecular weight is 265 g/mol. The van der Waals surface area contributed by atoms with Gasteiger partial charge in [0.1, 0.15) is 6.54 Å². The molecule has 1 rings (SSSR count). The van der Waals surface area contributed by atoms with Crippen molar-refractivity contribution < 1.29 is 14.7 Å². The van der Waals surface area contributed by atoms with Crippen molar-refractivity contribution in [3.05, 3.63) is 29.6 Å². The van der Waals surface area contributed by atoms with Gasteiger partial charge in [-0.15, -0.1) is 0 Å². The number of hydrogen-bond acceptors (Lipinski definition) is 3. The number of nitrogens with one attached hydrogen (secondary N) is 1. The minimum atomic E-state index is -1.03. The van der Waals surface area contributed by atoms with Crippen LogP contribution >= 0.6 is 0 Å². The van der Waals surface area contributed by atoms with Gasteiger partial charge in [-0.05, 0) is 38.0 Å². The molecule has 0 spiro atoms. The van der Waals surface area contributed by atoms with Gasteiger partial charge >= 0.3 is 12.0 Å². The summed E-state index contributed by atoms with van der Waals surface area (Å²) >= 11 is 0. The molecule has 0 radical (unpaired) electrons. The third kappa shape index (κ3) is 4.57. The number of hydrogen-bond donors (Lipinski definition) is 2. The molecule has 0 bridgehead atoms. The van der Waals surface area contributed by atoms with E-state index in [2.05, 4.69) is 10.3 Å². The molecule has 0 aromatic carbocycles. The zero-order valence-corrected chi connectivity index (χ0v) is 11.4. The van der Waals surface area contributed by atoms with Gasteiger partial charge in [-0.3, -0.25) is 9.78 Å². The smallest absolute Gasteiger partial charge is 0.323 e. The Hall–Kier alpha value is -2.11. The fourth-order valence-corrected chi connectivity index (χ4v) is 1.59. The van der Waals surface area contributed by atoms with Crippen molar-refractivity contribution in [3.63, 3.8) is 0 Å². The van der Waals surface area contributed by atoms with E-state index in [4.69, 9.17) is 5.11 Å². The van der Waals surface area contributed by atoms with E-state index >= 15 is 0 Å². The first-order chi connectivity index (χ1) is 8.91. The van der Waals surface area contributed by atoms with Crippen molar-refractivity contribution in [3.8, 4) is 0 Å². The predicted octanol–water partition coefficient (Wildman–Crippen LogP) is 1.39. The largest absolute Gasteiger partial charge is 0.480 e. The van der Waals surface area contributed by atoms with Crippen LogP contribution in [0.4, 0.5) is 4.79 Å². The van der Waals surface area contributed by atoms with Crippen molar-refractivity contribution in [2.75, 3.05) is 6.54 Å². The van der Waals surface area contributed by atoms with Gasteiger partial charge in [-0.1, -0.05) is 0 Å². The molecule has 104 valence electrons. The van der Waals surface area contributed by atoms with E-state index in [1.807, 2.05) is 13.0 Å². The van der Waals surface area contributed by atoms with Gasteiger partial charge < -0.3 is 15.3 Å². The van der Waals surface area contributed by atoms with Crippen molar-refractivity contribution in [1.82, 2.24) is 15.2 Å². The molecule has 0 unspecified atom stereocenters. The van der Waals surface area contributed by atoms with E-state index in [1.165, 1.54) is 4.90 Å². The number of rotatable bonds is 5. The van der Waals surface area contributed by atoms with Gasteiger partial charge in [0.15, 0.2) is 0 Å². The summed E-state index contributed by atoms with van der Waals surface area (Å²) in [5.74, 6) is -1.03. The molecule has 1 heterocycles. The van der Waals surface area contributed by atoms with Crippen molar-refractivity contribution in [2.45, 2.75) is 33.4 Å². The third-order valence-electron chi connectivity index (χ3n) is 2.77. The maximum atomic E-state index is 11.9. The van der Waals surface area contributed by atoms with Crippen LogP contribution in [0.3, 0.4) is 0 Å². The summed E-state index contributed by atoms with van der Waals surface area (Å²) in [5, 5.41) is 11.5. The quantitative estimate of drug-likeness (QED) is 0.843. The zero-order chi connectivity index (χ0) is 14.4. The number of nitrogens with zero attached hydrogens (tertiary/aromatic N) is 2.